The molecule has 6 heteroatoms. The normalized spacial score (nSPS) is 11.8. The highest BCUT2D eigenvalue weighted by Crippen LogP contribution is 2.23. The molecule has 0 aliphatic rings. The smallest absolute Gasteiger partial charge is 0.153 e. The van der Waals surface area contributed by atoms with Crippen LogP contribution in [0.15, 0.2) is 22.7 Å². The van der Waals surface area contributed by atoms with E-state index in [0.717, 1.165) is 15.8 Å². The molecule has 0 aliphatic carbocycles. The van der Waals surface area contributed by atoms with Crippen LogP contribution in [0.2, 0.25) is 0 Å². The second-order valence-corrected chi connectivity index (χ2v) is 8.26. The van der Waals surface area contributed by atoms with Crippen molar-refractivity contribution in [3.8, 4) is 5.75 Å². The number of sulfone groups is 1. The highest BCUT2D eigenvalue weighted by atomic mass is 79.9. The maximum atomic E-state index is 11.4. The molecule has 1 rings (SSSR count). The maximum absolute atomic E-state index is 11.4. The first kappa shape index (κ1) is 17.5. The largest absolute Gasteiger partial charge is 0.492 e. The molecule has 0 saturated carbocycles. The van der Waals surface area contributed by atoms with Crippen molar-refractivity contribution in [2.45, 2.75) is 33.4 Å². The zero-order valence-electron chi connectivity index (χ0n) is 12.1. The minimum atomic E-state index is -2.99. The fourth-order valence-corrected chi connectivity index (χ4v) is 2.60. The van der Waals surface area contributed by atoms with E-state index in [-0.39, 0.29) is 18.1 Å². The van der Waals surface area contributed by atoms with Crippen LogP contribution in [0.1, 0.15) is 26.3 Å². The van der Waals surface area contributed by atoms with Crippen LogP contribution < -0.4 is 10.1 Å². The number of benzene rings is 1. The molecule has 1 aromatic rings. The Kier molecular flexibility index (Phi) is 6.99. The Morgan fingerprint density at radius 2 is 2.05 bits per heavy atom. The van der Waals surface area contributed by atoms with Crippen LogP contribution in [0.4, 0.5) is 0 Å². The van der Waals surface area contributed by atoms with Crippen LogP contribution in [0, 0.1) is 0 Å². The van der Waals surface area contributed by atoms with E-state index >= 15 is 0 Å². The van der Waals surface area contributed by atoms with Gasteiger partial charge >= 0.3 is 0 Å². The lowest BCUT2D eigenvalue weighted by Gasteiger charge is -2.14. The molecule has 0 bridgehead atoms. The number of ether oxygens (including phenoxy) is 1. The lowest BCUT2D eigenvalue weighted by Crippen LogP contribution is -2.22. The molecule has 1 N–H and O–H groups in total. The van der Waals surface area contributed by atoms with E-state index in [1.807, 2.05) is 18.2 Å². The molecule has 114 valence electrons. The second kappa shape index (κ2) is 8.00. The van der Waals surface area contributed by atoms with E-state index in [4.69, 9.17) is 4.74 Å². The van der Waals surface area contributed by atoms with Crippen molar-refractivity contribution in [1.29, 1.82) is 0 Å². The highest BCUT2D eigenvalue weighted by molar-refractivity contribution is 9.10. The molecule has 0 radical (unpaired) electrons. The van der Waals surface area contributed by atoms with Crippen molar-refractivity contribution in [2.75, 3.05) is 18.1 Å². The van der Waals surface area contributed by atoms with Crippen molar-refractivity contribution < 1.29 is 13.2 Å². The number of nitrogens with one attached hydrogen (secondary N) is 1. The first-order valence-corrected chi connectivity index (χ1v) is 9.30. The molecular weight excluding hydrogens is 342 g/mol. The second-order valence-electron chi connectivity index (χ2n) is 4.87. The van der Waals surface area contributed by atoms with Gasteiger partial charge in [-0.25, -0.2) is 8.42 Å². The fraction of sp³-hybridized carbons (Fsp3) is 0.571. The van der Waals surface area contributed by atoms with E-state index in [9.17, 15) is 8.42 Å². The molecule has 0 unspecified atom stereocenters. The Hall–Kier alpha value is -0.590. The van der Waals surface area contributed by atoms with E-state index in [1.165, 1.54) is 0 Å². The quantitative estimate of drug-likeness (QED) is 0.771. The molecule has 0 aromatic heterocycles. The molecule has 0 fully saturated rings. The Labute approximate surface area is 130 Å². The van der Waals surface area contributed by atoms with Crippen molar-refractivity contribution in [3.05, 3.63) is 28.2 Å². The minimum Gasteiger partial charge on any atom is -0.492 e. The van der Waals surface area contributed by atoms with Gasteiger partial charge in [-0.05, 0) is 18.2 Å². The van der Waals surface area contributed by atoms with E-state index in [0.29, 0.717) is 12.6 Å². The van der Waals surface area contributed by atoms with Crippen molar-refractivity contribution in [3.63, 3.8) is 0 Å². The molecule has 0 amide bonds. The maximum Gasteiger partial charge on any atom is 0.153 e. The molecular formula is C14H22BrNO3S. The van der Waals surface area contributed by atoms with Gasteiger partial charge in [-0.3, -0.25) is 0 Å². The fourth-order valence-electron chi connectivity index (χ4n) is 1.56. The molecule has 4 nitrogen and oxygen atoms in total. The van der Waals surface area contributed by atoms with Gasteiger partial charge in [0.2, 0.25) is 0 Å². The average molecular weight is 364 g/mol. The van der Waals surface area contributed by atoms with Gasteiger partial charge in [-0.1, -0.05) is 36.7 Å². The number of halogens is 1. The number of hydrogen-bond acceptors (Lipinski definition) is 4. The van der Waals surface area contributed by atoms with Gasteiger partial charge in [0.05, 0.1) is 5.75 Å². The third kappa shape index (κ3) is 6.24. The lowest BCUT2D eigenvalue weighted by molar-refractivity contribution is 0.335. The Balaban J connectivity index is 2.68. The highest BCUT2D eigenvalue weighted by Gasteiger charge is 2.10. The summed E-state index contributed by atoms with van der Waals surface area (Å²) in [5, 5.41) is 3.33. The van der Waals surface area contributed by atoms with Crippen molar-refractivity contribution in [1.82, 2.24) is 5.32 Å². The summed E-state index contributed by atoms with van der Waals surface area (Å²) in [5.41, 5.74) is 1.02. The van der Waals surface area contributed by atoms with Gasteiger partial charge in [0.1, 0.15) is 12.4 Å². The Morgan fingerprint density at radius 3 is 2.65 bits per heavy atom. The van der Waals surface area contributed by atoms with Gasteiger partial charge in [0.25, 0.3) is 0 Å². The summed E-state index contributed by atoms with van der Waals surface area (Å²) in [6.07, 6.45) is 0. The van der Waals surface area contributed by atoms with E-state index in [1.54, 1.807) is 6.92 Å². The van der Waals surface area contributed by atoms with Crippen LogP contribution in [-0.2, 0) is 16.4 Å². The molecule has 20 heavy (non-hydrogen) atoms. The van der Waals surface area contributed by atoms with Gasteiger partial charge in [-0.2, -0.15) is 0 Å². The van der Waals surface area contributed by atoms with Crippen LogP contribution in [0.25, 0.3) is 0 Å². The molecule has 0 aliphatic heterocycles. The number of rotatable bonds is 8. The zero-order chi connectivity index (χ0) is 15.2. The predicted molar refractivity (Wildman–Crippen MR) is 85.9 cm³/mol. The zero-order valence-corrected chi connectivity index (χ0v) is 14.6. The van der Waals surface area contributed by atoms with Gasteiger partial charge in [0, 0.05) is 28.4 Å². The van der Waals surface area contributed by atoms with Crippen molar-refractivity contribution in [2.24, 2.45) is 0 Å². The number of hydrogen-bond donors (Lipinski definition) is 1. The topological polar surface area (TPSA) is 55.4 Å². The summed E-state index contributed by atoms with van der Waals surface area (Å²) >= 11 is 3.44. The molecule has 0 spiro atoms. The van der Waals surface area contributed by atoms with E-state index in [2.05, 4.69) is 35.1 Å². The lowest BCUT2D eigenvalue weighted by atomic mass is 10.2. The Morgan fingerprint density at radius 1 is 1.35 bits per heavy atom. The third-order valence-electron chi connectivity index (χ3n) is 2.82. The van der Waals surface area contributed by atoms with Gasteiger partial charge in [0.15, 0.2) is 9.84 Å². The first-order chi connectivity index (χ1) is 9.34. The Bertz CT molecular complexity index is 529. The standard InChI is InChI=1S/C14H22BrNO3S/c1-4-20(17,18)8-7-19-14-6-5-13(15)9-12(14)10-16-11(2)3/h5-6,9,11,16H,4,7-8,10H2,1-3H3. The van der Waals surface area contributed by atoms with Gasteiger partial charge < -0.3 is 10.1 Å². The average Bonchev–Trinajstić information content (AvgIpc) is 2.38. The summed E-state index contributed by atoms with van der Waals surface area (Å²) < 4.78 is 29.5. The molecule has 0 atom stereocenters. The SMILES string of the molecule is CCS(=O)(=O)CCOc1ccc(Br)cc1CNC(C)C. The summed E-state index contributed by atoms with van der Waals surface area (Å²) in [4.78, 5) is 0. The third-order valence-corrected chi connectivity index (χ3v) is 4.98. The summed E-state index contributed by atoms with van der Waals surface area (Å²) in [7, 11) is -2.99. The summed E-state index contributed by atoms with van der Waals surface area (Å²) in [5.74, 6) is 0.933. The molecule has 0 saturated heterocycles. The van der Waals surface area contributed by atoms with Crippen LogP contribution in [0.3, 0.4) is 0 Å². The first-order valence-electron chi connectivity index (χ1n) is 6.69. The monoisotopic (exact) mass is 363 g/mol. The molecule has 0 heterocycles. The van der Waals surface area contributed by atoms with Gasteiger partial charge in [-0.15, -0.1) is 0 Å². The predicted octanol–water partition coefficient (Wildman–Crippen LogP) is 2.76. The van der Waals surface area contributed by atoms with Crippen molar-refractivity contribution >= 4 is 25.8 Å². The summed E-state index contributed by atoms with van der Waals surface area (Å²) in [6, 6.07) is 6.11. The van der Waals surface area contributed by atoms with Crippen LogP contribution >= 0.6 is 15.9 Å². The van der Waals surface area contributed by atoms with Crippen LogP contribution in [0.5, 0.6) is 5.75 Å². The minimum absolute atomic E-state index is 0.0522. The van der Waals surface area contributed by atoms with Crippen LogP contribution in [-0.4, -0.2) is 32.6 Å². The molecule has 1 aromatic carbocycles. The summed E-state index contributed by atoms with van der Waals surface area (Å²) in [6.45, 7) is 6.67. The van der Waals surface area contributed by atoms with E-state index < -0.39 is 9.84 Å².